The molecule has 0 saturated heterocycles. The molecule has 3 aromatic rings. The summed E-state index contributed by atoms with van der Waals surface area (Å²) in [7, 11) is 1.62. The number of carbonyl (C=O) groups is 1. The van der Waals surface area contributed by atoms with E-state index in [9.17, 15) is 4.79 Å². The Balaban J connectivity index is 1.66. The molecule has 3 rings (SSSR count). The number of benzene rings is 1. The number of nitrogens with zero attached hydrogens (tertiary/aromatic N) is 4. The molecule has 29 heavy (non-hydrogen) atoms. The van der Waals surface area contributed by atoms with Gasteiger partial charge < -0.3 is 15.0 Å². The lowest BCUT2D eigenvalue weighted by Gasteiger charge is -2.19. The van der Waals surface area contributed by atoms with Crippen molar-refractivity contribution in [1.82, 2.24) is 20.1 Å². The quantitative estimate of drug-likeness (QED) is 0.635. The number of aromatic nitrogens is 3. The van der Waals surface area contributed by atoms with E-state index in [1.165, 1.54) is 0 Å². The molecule has 0 unspecified atom stereocenters. The van der Waals surface area contributed by atoms with Gasteiger partial charge in [-0.15, -0.1) is 0 Å². The van der Waals surface area contributed by atoms with Gasteiger partial charge in [-0.2, -0.15) is 5.10 Å². The number of anilines is 1. The molecule has 0 bridgehead atoms. The number of hydrogen-bond donors (Lipinski definition) is 1. The molecule has 0 saturated carbocycles. The zero-order valence-electron chi connectivity index (χ0n) is 17.3. The number of rotatable bonds is 8. The van der Waals surface area contributed by atoms with Gasteiger partial charge in [0.05, 0.1) is 7.11 Å². The number of amides is 1. The third kappa shape index (κ3) is 4.74. The van der Waals surface area contributed by atoms with E-state index in [1.807, 2.05) is 37.3 Å². The number of carbonyl (C=O) groups excluding carboxylic acids is 1. The maximum absolute atomic E-state index is 12.5. The van der Waals surface area contributed by atoms with Crippen molar-refractivity contribution in [1.29, 1.82) is 0 Å². The van der Waals surface area contributed by atoms with Gasteiger partial charge in [-0.3, -0.25) is 4.79 Å². The molecule has 0 aliphatic carbocycles. The lowest BCUT2D eigenvalue weighted by molar-refractivity contribution is 0.0945. The maximum Gasteiger partial charge on any atom is 0.272 e. The molecule has 1 amide bonds. The van der Waals surface area contributed by atoms with Crippen LogP contribution in [0.5, 0.6) is 5.75 Å². The van der Waals surface area contributed by atoms with Gasteiger partial charge in [0.2, 0.25) is 0 Å². The Morgan fingerprint density at radius 3 is 2.62 bits per heavy atom. The zero-order valence-corrected chi connectivity index (χ0v) is 17.3. The Hall–Kier alpha value is -3.35. The highest BCUT2D eigenvalue weighted by atomic mass is 16.5. The molecule has 0 aliphatic rings. The van der Waals surface area contributed by atoms with Gasteiger partial charge in [-0.05, 0) is 56.2 Å². The summed E-state index contributed by atoms with van der Waals surface area (Å²) in [6, 6.07) is 11.5. The Labute approximate surface area is 171 Å². The highest BCUT2D eigenvalue weighted by molar-refractivity contribution is 5.92. The summed E-state index contributed by atoms with van der Waals surface area (Å²) in [5.41, 5.74) is 3.17. The molecule has 0 aliphatic heterocycles. The minimum Gasteiger partial charge on any atom is -0.494 e. The second kappa shape index (κ2) is 9.23. The van der Waals surface area contributed by atoms with Crippen molar-refractivity contribution in [3.05, 3.63) is 65.6 Å². The molecule has 1 N–H and O–H groups in total. The predicted molar refractivity (Wildman–Crippen MR) is 114 cm³/mol. The summed E-state index contributed by atoms with van der Waals surface area (Å²) >= 11 is 0. The van der Waals surface area contributed by atoms with Crippen LogP contribution in [-0.2, 0) is 6.54 Å². The summed E-state index contributed by atoms with van der Waals surface area (Å²) in [4.78, 5) is 19.2. The fourth-order valence-corrected chi connectivity index (χ4v) is 3.09. The number of ether oxygens (including phenoxy) is 1. The van der Waals surface area contributed by atoms with Crippen LogP contribution in [-0.4, -0.2) is 40.9 Å². The summed E-state index contributed by atoms with van der Waals surface area (Å²) in [5, 5.41) is 7.30. The van der Waals surface area contributed by atoms with Crippen LogP contribution >= 0.6 is 0 Å². The maximum atomic E-state index is 12.5. The first kappa shape index (κ1) is 20.4. The summed E-state index contributed by atoms with van der Waals surface area (Å²) in [5.74, 6) is 1.41. The Morgan fingerprint density at radius 1 is 1.17 bits per heavy atom. The van der Waals surface area contributed by atoms with Crippen LogP contribution in [0.25, 0.3) is 5.69 Å². The van der Waals surface area contributed by atoms with Gasteiger partial charge >= 0.3 is 0 Å². The number of nitrogens with one attached hydrogen (secondary N) is 1. The van der Waals surface area contributed by atoms with Crippen LogP contribution in [0, 0.1) is 6.92 Å². The van der Waals surface area contributed by atoms with Gasteiger partial charge in [-0.25, -0.2) is 9.67 Å². The second-order valence-electron chi connectivity index (χ2n) is 6.70. The van der Waals surface area contributed by atoms with Crippen molar-refractivity contribution >= 4 is 11.7 Å². The average molecular weight is 393 g/mol. The molecule has 0 atom stereocenters. The van der Waals surface area contributed by atoms with Gasteiger partial charge in [0.1, 0.15) is 17.3 Å². The van der Waals surface area contributed by atoms with E-state index in [2.05, 4.69) is 34.1 Å². The molecule has 0 fully saturated rings. The molecule has 1 aromatic carbocycles. The predicted octanol–water partition coefficient (Wildman–Crippen LogP) is 3.36. The van der Waals surface area contributed by atoms with Crippen LogP contribution in [0.4, 0.5) is 5.82 Å². The molecule has 7 nitrogen and oxygen atoms in total. The second-order valence-corrected chi connectivity index (χ2v) is 6.70. The highest BCUT2D eigenvalue weighted by Gasteiger charge is 2.13. The van der Waals surface area contributed by atoms with Gasteiger partial charge in [0.15, 0.2) is 5.69 Å². The van der Waals surface area contributed by atoms with Crippen LogP contribution in [0.1, 0.15) is 35.5 Å². The molecular formula is C22H27N5O2. The summed E-state index contributed by atoms with van der Waals surface area (Å²) in [6.07, 6.45) is 3.55. The molecule has 0 spiro atoms. The molecular weight excluding hydrogens is 366 g/mol. The van der Waals surface area contributed by atoms with Crippen molar-refractivity contribution in [2.45, 2.75) is 27.3 Å². The van der Waals surface area contributed by atoms with Gasteiger partial charge in [-0.1, -0.05) is 12.1 Å². The molecule has 152 valence electrons. The summed E-state index contributed by atoms with van der Waals surface area (Å²) in [6.45, 7) is 8.42. The first-order valence-electron chi connectivity index (χ1n) is 9.74. The van der Waals surface area contributed by atoms with E-state index >= 15 is 0 Å². The normalized spacial score (nSPS) is 10.6. The Kier molecular flexibility index (Phi) is 6.49. The number of aryl methyl sites for hydroxylation is 1. The standard InChI is InChI=1S/C22H27N5O2/c1-5-26(6-2)21-10-8-17(14-23-21)15-24-22(28)18-11-12-27(25-18)19-13-16(3)7-9-20(19)29-4/h7-14H,5-6,15H2,1-4H3,(H,24,28). The molecule has 0 radical (unpaired) electrons. The Bertz CT molecular complexity index is 962. The number of pyridine rings is 1. The van der Waals surface area contributed by atoms with E-state index < -0.39 is 0 Å². The highest BCUT2D eigenvalue weighted by Crippen LogP contribution is 2.23. The monoisotopic (exact) mass is 393 g/mol. The van der Waals surface area contributed by atoms with E-state index in [1.54, 1.807) is 30.3 Å². The van der Waals surface area contributed by atoms with Crippen LogP contribution < -0.4 is 15.0 Å². The van der Waals surface area contributed by atoms with Crippen molar-refractivity contribution in [3.8, 4) is 11.4 Å². The number of methoxy groups -OCH3 is 1. The zero-order chi connectivity index (χ0) is 20.8. The average Bonchev–Trinajstić information content (AvgIpc) is 3.24. The fourth-order valence-electron chi connectivity index (χ4n) is 3.09. The van der Waals surface area contributed by atoms with Crippen molar-refractivity contribution < 1.29 is 9.53 Å². The molecule has 2 heterocycles. The fraction of sp³-hybridized carbons (Fsp3) is 0.318. The third-order valence-electron chi connectivity index (χ3n) is 4.75. The smallest absolute Gasteiger partial charge is 0.272 e. The minimum absolute atomic E-state index is 0.233. The van der Waals surface area contributed by atoms with Crippen LogP contribution in [0.2, 0.25) is 0 Å². The van der Waals surface area contributed by atoms with E-state index in [4.69, 9.17) is 4.74 Å². The first-order chi connectivity index (χ1) is 14.0. The van der Waals surface area contributed by atoms with Crippen molar-refractivity contribution in [2.75, 3.05) is 25.1 Å². The minimum atomic E-state index is -0.233. The third-order valence-corrected chi connectivity index (χ3v) is 4.75. The first-order valence-corrected chi connectivity index (χ1v) is 9.74. The topological polar surface area (TPSA) is 72.3 Å². The lowest BCUT2D eigenvalue weighted by Crippen LogP contribution is -2.24. The van der Waals surface area contributed by atoms with Crippen LogP contribution in [0.3, 0.4) is 0 Å². The van der Waals surface area contributed by atoms with Gasteiger partial charge in [0.25, 0.3) is 5.91 Å². The Morgan fingerprint density at radius 2 is 1.97 bits per heavy atom. The van der Waals surface area contributed by atoms with E-state index in [0.29, 0.717) is 18.0 Å². The molecule has 7 heteroatoms. The van der Waals surface area contributed by atoms with Gasteiger partial charge in [0, 0.05) is 32.0 Å². The van der Waals surface area contributed by atoms with E-state index in [-0.39, 0.29) is 5.91 Å². The molecule has 2 aromatic heterocycles. The lowest BCUT2D eigenvalue weighted by atomic mass is 10.2. The van der Waals surface area contributed by atoms with Crippen molar-refractivity contribution in [3.63, 3.8) is 0 Å². The largest absolute Gasteiger partial charge is 0.494 e. The number of hydrogen-bond acceptors (Lipinski definition) is 5. The summed E-state index contributed by atoms with van der Waals surface area (Å²) < 4.78 is 7.05. The van der Waals surface area contributed by atoms with E-state index in [0.717, 1.165) is 35.7 Å². The SMILES string of the molecule is CCN(CC)c1ccc(CNC(=O)c2ccn(-c3cc(C)ccc3OC)n2)cn1. The van der Waals surface area contributed by atoms with Crippen LogP contribution in [0.15, 0.2) is 48.8 Å². The van der Waals surface area contributed by atoms with Crippen molar-refractivity contribution in [2.24, 2.45) is 0 Å².